The molecule has 1 aromatic carbocycles. The molecule has 0 spiro atoms. The molecule has 0 aromatic heterocycles. The van der Waals surface area contributed by atoms with Crippen molar-refractivity contribution in [3.63, 3.8) is 0 Å². The highest BCUT2D eigenvalue weighted by atomic mass is 35.5. The van der Waals surface area contributed by atoms with E-state index >= 15 is 0 Å². The summed E-state index contributed by atoms with van der Waals surface area (Å²) < 4.78 is 50.9. The molecule has 7 nitrogen and oxygen atoms in total. The molecule has 0 saturated heterocycles. The first kappa shape index (κ1) is 17.2. The molecule has 0 aliphatic rings. The van der Waals surface area contributed by atoms with Crippen LogP contribution < -0.4 is 15.2 Å². The third kappa shape index (κ3) is 4.32. The van der Waals surface area contributed by atoms with E-state index in [0.29, 0.717) is 5.56 Å². The molecule has 0 saturated carbocycles. The van der Waals surface area contributed by atoms with Gasteiger partial charge in [-0.2, -0.15) is 0 Å². The van der Waals surface area contributed by atoms with Crippen LogP contribution in [-0.4, -0.2) is 36.2 Å². The summed E-state index contributed by atoms with van der Waals surface area (Å²) in [4.78, 5) is -0.0654. The molecule has 0 unspecified atom stereocenters. The van der Waals surface area contributed by atoms with Crippen molar-refractivity contribution in [2.45, 2.75) is 11.8 Å². The Labute approximate surface area is 123 Å². The molecular weight excluding hydrogens is 326 g/mol. The zero-order valence-corrected chi connectivity index (χ0v) is 13.4. The Hall–Kier alpha value is -0.870. The quantitative estimate of drug-likeness (QED) is 0.632. The van der Waals surface area contributed by atoms with Crippen molar-refractivity contribution in [2.75, 3.05) is 25.1 Å². The van der Waals surface area contributed by atoms with Gasteiger partial charge in [-0.05, 0) is 31.7 Å². The van der Waals surface area contributed by atoms with Crippen molar-refractivity contribution in [1.82, 2.24) is 9.44 Å². The van der Waals surface area contributed by atoms with Gasteiger partial charge in [0, 0.05) is 17.3 Å². The van der Waals surface area contributed by atoms with Crippen LogP contribution in [0.25, 0.3) is 0 Å². The normalized spacial score (nSPS) is 12.6. The van der Waals surface area contributed by atoms with Crippen molar-refractivity contribution in [2.24, 2.45) is 0 Å². The number of nitrogens with one attached hydrogen (secondary N) is 2. The van der Waals surface area contributed by atoms with Gasteiger partial charge in [0.15, 0.2) is 0 Å². The summed E-state index contributed by atoms with van der Waals surface area (Å²) in [5.74, 6) is -0.363. The third-order valence-electron chi connectivity index (χ3n) is 2.63. The summed E-state index contributed by atoms with van der Waals surface area (Å²) in [6.07, 6.45) is 0. The van der Waals surface area contributed by atoms with E-state index in [1.54, 1.807) is 6.92 Å². The van der Waals surface area contributed by atoms with Crippen LogP contribution in [0.3, 0.4) is 0 Å². The monoisotopic (exact) mass is 341 g/mol. The lowest BCUT2D eigenvalue weighted by atomic mass is 10.2. The summed E-state index contributed by atoms with van der Waals surface area (Å²) in [7, 11) is -6.10. The molecule has 0 aliphatic heterocycles. The molecule has 4 N–H and O–H groups in total. The molecule has 0 aliphatic carbocycles. The van der Waals surface area contributed by atoms with E-state index in [0.717, 1.165) is 0 Å². The Morgan fingerprint density at radius 1 is 1.25 bits per heavy atom. The molecule has 0 amide bonds. The van der Waals surface area contributed by atoms with Gasteiger partial charge >= 0.3 is 0 Å². The minimum absolute atomic E-state index is 0.0654. The lowest BCUT2D eigenvalue weighted by molar-refractivity contribution is 0.578. The standard InChI is InChI=1S/C10H16ClN3O4S2/c1-7-9(12)5-8(11)6-10(7)20(17,18)14-3-4-19(15,16)13-2/h5-6,13-14H,3-4,12H2,1-2H3. The van der Waals surface area contributed by atoms with E-state index in [1.807, 2.05) is 0 Å². The summed E-state index contributed by atoms with van der Waals surface area (Å²) >= 11 is 5.78. The fourth-order valence-electron chi connectivity index (χ4n) is 1.44. The lowest BCUT2D eigenvalue weighted by Crippen LogP contribution is -2.33. The number of nitrogens with two attached hydrogens (primary N) is 1. The average molecular weight is 342 g/mol. The predicted octanol–water partition coefficient (Wildman–Crippen LogP) is 0.0581. The number of hydrogen-bond acceptors (Lipinski definition) is 5. The number of halogens is 1. The number of sulfonamides is 2. The first-order valence-electron chi connectivity index (χ1n) is 5.55. The summed E-state index contributed by atoms with van der Waals surface area (Å²) in [6.45, 7) is 1.29. The van der Waals surface area contributed by atoms with Crippen molar-refractivity contribution >= 4 is 37.3 Å². The smallest absolute Gasteiger partial charge is 0.240 e. The molecule has 1 rings (SSSR count). The number of anilines is 1. The minimum Gasteiger partial charge on any atom is -0.398 e. The number of nitrogen functional groups attached to an aromatic ring is 1. The summed E-state index contributed by atoms with van der Waals surface area (Å²) in [6, 6.07) is 2.71. The van der Waals surface area contributed by atoms with Crippen LogP contribution in [0, 0.1) is 6.92 Å². The van der Waals surface area contributed by atoms with E-state index in [-0.39, 0.29) is 27.9 Å². The molecule has 0 heterocycles. The molecule has 1 aromatic rings. The second-order valence-electron chi connectivity index (χ2n) is 4.04. The highest BCUT2D eigenvalue weighted by molar-refractivity contribution is 7.90. The Balaban J connectivity index is 2.96. The van der Waals surface area contributed by atoms with Crippen molar-refractivity contribution in [3.8, 4) is 0 Å². The van der Waals surface area contributed by atoms with Gasteiger partial charge in [0.1, 0.15) is 0 Å². The first-order valence-corrected chi connectivity index (χ1v) is 9.07. The van der Waals surface area contributed by atoms with Gasteiger partial charge in [-0.25, -0.2) is 26.3 Å². The van der Waals surface area contributed by atoms with Crippen LogP contribution in [0.5, 0.6) is 0 Å². The highest BCUT2D eigenvalue weighted by Gasteiger charge is 2.19. The second kappa shape index (κ2) is 6.27. The maximum absolute atomic E-state index is 12.1. The van der Waals surface area contributed by atoms with Crippen molar-refractivity contribution < 1.29 is 16.8 Å². The molecule has 0 fully saturated rings. The Morgan fingerprint density at radius 2 is 1.85 bits per heavy atom. The van der Waals surface area contributed by atoms with E-state index in [1.165, 1.54) is 19.2 Å². The van der Waals surface area contributed by atoms with E-state index in [4.69, 9.17) is 17.3 Å². The maximum Gasteiger partial charge on any atom is 0.240 e. The molecule has 0 bridgehead atoms. The Bertz CT molecular complexity index is 701. The van der Waals surface area contributed by atoms with E-state index < -0.39 is 20.0 Å². The largest absolute Gasteiger partial charge is 0.398 e. The van der Waals surface area contributed by atoms with Crippen LogP contribution in [0.1, 0.15) is 5.56 Å². The highest BCUT2D eigenvalue weighted by Crippen LogP contribution is 2.25. The third-order valence-corrected chi connectivity index (χ3v) is 5.80. The van der Waals surface area contributed by atoms with Gasteiger partial charge in [0.05, 0.1) is 10.6 Å². The number of hydrogen-bond donors (Lipinski definition) is 3. The van der Waals surface area contributed by atoms with Gasteiger partial charge in [-0.1, -0.05) is 11.6 Å². The average Bonchev–Trinajstić information content (AvgIpc) is 2.33. The molecule has 114 valence electrons. The van der Waals surface area contributed by atoms with Crippen molar-refractivity contribution in [3.05, 3.63) is 22.7 Å². The van der Waals surface area contributed by atoms with Gasteiger partial charge in [-0.3, -0.25) is 0 Å². The molecule has 20 heavy (non-hydrogen) atoms. The maximum atomic E-state index is 12.1. The number of benzene rings is 1. The van der Waals surface area contributed by atoms with E-state index in [9.17, 15) is 16.8 Å². The van der Waals surface area contributed by atoms with Crippen LogP contribution in [0.15, 0.2) is 17.0 Å². The zero-order valence-electron chi connectivity index (χ0n) is 11.0. The van der Waals surface area contributed by atoms with Crippen LogP contribution >= 0.6 is 11.6 Å². The van der Waals surface area contributed by atoms with Gasteiger partial charge < -0.3 is 5.73 Å². The zero-order chi connectivity index (χ0) is 15.6. The predicted molar refractivity (Wildman–Crippen MR) is 78.6 cm³/mol. The van der Waals surface area contributed by atoms with Crippen molar-refractivity contribution in [1.29, 1.82) is 0 Å². The van der Waals surface area contributed by atoms with Gasteiger partial charge in [-0.15, -0.1) is 0 Å². The summed E-state index contributed by atoms with van der Waals surface area (Å²) in [5, 5.41) is 0.191. The fourth-order valence-corrected chi connectivity index (χ4v) is 3.77. The first-order chi connectivity index (χ1) is 9.09. The summed E-state index contributed by atoms with van der Waals surface area (Å²) in [5.41, 5.74) is 6.27. The minimum atomic E-state index is -3.87. The second-order valence-corrected chi connectivity index (χ2v) is 8.26. The molecule has 10 heteroatoms. The Kier molecular flexibility index (Phi) is 5.39. The molecule has 0 radical (unpaired) electrons. The van der Waals surface area contributed by atoms with Crippen LogP contribution in [-0.2, 0) is 20.0 Å². The topological polar surface area (TPSA) is 118 Å². The van der Waals surface area contributed by atoms with Gasteiger partial charge in [0.2, 0.25) is 20.0 Å². The van der Waals surface area contributed by atoms with Gasteiger partial charge in [0.25, 0.3) is 0 Å². The Morgan fingerprint density at radius 3 is 2.40 bits per heavy atom. The molecule has 0 atom stereocenters. The fraction of sp³-hybridized carbons (Fsp3) is 0.400. The lowest BCUT2D eigenvalue weighted by Gasteiger charge is -2.11. The van der Waals surface area contributed by atoms with E-state index in [2.05, 4.69) is 9.44 Å². The number of rotatable bonds is 6. The van der Waals surface area contributed by atoms with Crippen LogP contribution in [0.2, 0.25) is 5.02 Å². The van der Waals surface area contributed by atoms with Crippen LogP contribution in [0.4, 0.5) is 5.69 Å². The molecular formula is C10H16ClN3O4S2. The SMILES string of the molecule is CNS(=O)(=O)CCNS(=O)(=O)c1cc(Cl)cc(N)c1C.